The standard InChI is InChI=1S/C7H5NO6/c9-4-2-1-3-5(14-8(12)13)6(4)7(10)11/h1-3,9H,(H,10,11). The lowest BCUT2D eigenvalue weighted by atomic mass is 10.2. The summed E-state index contributed by atoms with van der Waals surface area (Å²) in [5.41, 5.74) is -0.635. The molecule has 2 N–H and O–H groups in total. The van der Waals surface area contributed by atoms with Crippen LogP contribution in [0.5, 0.6) is 11.5 Å². The molecule has 0 amide bonds. The molecule has 0 fully saturated rings. The van der Waals surface area contributed by atoms with Crippen LogP contribution in [0.15, 0.2) is 18.2 Å². The number of hydrogen-bond donors (Lipinski definition) is 2. The second kappa shape index (κ2) is 3.60. The summed E-state index contributed by atoms with van der Waals surface area (Å²) in [5.74, 6) is -2.60. The molecule has 0 atom stereocenters. The number of hydrogen-bond acceptors (Lipinski definition) is 5. The van der Waals surface area contributed by atoms with E-state index in [0.29, 0.717) is 0 Å². The Hall–Kier alpha value is -2.31. The lowest BCUT2D eigenvalue weighted by Crippen LogP contribution is -2.08. The van der Waals surface area contributed by atoms with Gasteiger partial charge in [0, 0.05) is 0 Å². The summed E-state index contributed by atoms with van der Waals surface area (Å²) < 4.78 is 0. The summed E-state index contributed by atoms with van der Waals surface area (Å²) >= 11 is 0. The van der Waals surface area contributed by atoms with Crippen molar-refractivity contribution in [3.63, 3.8) is 0 Å². The van der Waals surface area contributed by atoms with E-state index in [1.165, 1.54) is 6.07 Å². The SMILES string of the molecule is O=C(O)c1c(O)cccc1O[N+](=O)[O-]. The van der Waals surface area contributed by atoms with Gasteiger partial charge < -0.3 is 10.2 Å². The van der Waals surface area contributed by atoms with Crippen molar-refractivity contribution in [2.75, 3.05) is 0 Å². The molecule has 1 rings (SSSR count). The molecule has 0 radical (unpaired) electrons. The minimum atomic E-state index is -1.50. The fourth-order valence-electron chi connectivity index (χ4n) is 0.891. The summed E-state index contributed by atoms with van der Waals surface area (Å²) in [6, 6.07) is 3.41. The van der Waals surface area contributed by atoms with E-state index in [-0.39, 0.29) is 0 Å². The van der Waals surface area contributed by atoms with E-state index in [4.69, 9.17) is 10.2 Å². The third-order valence-corrected chi connectivity index (χ3v) is 1.39. The number of nitrogens with zero attached hydrogens (tertiary/aromatic N) is 1. The number of rotatable bonds is 3. The van der Waals surface area contributed by atoms with Crippen LogP contribution in [-0.4, -0.2) is 21.3 Å². The Morgan fingerprint density at radius 2 is 2.14 bits per heavy atom. The van der Waals surface area contributed by atoms with Crippen LogP contribution in [0.1, 0.15) is 10.4 Å². The number of carboxylic acid groups (broad SMARTS) is 1. The average Bonchev–Trinajstić information content (AvgIpc) is 2.01. The number of benzene rings is 1. The number of phenols is 1. The Kier molecular flexibility index (Phi) is 2.52. The van der Waals surface area contributed by atoms with Gasteiger partial charge in [0.1, 0.15) is 17.1 Å². The summed E-state index contributed by atoms with van der Waals surface area (Å²) in [4.78, 5) is 24.5. The first-order valence-corrected chi connectivity index (χ1v) is 3.40. The first kappa shape index (κ1) is 9.78. The van der Waals surface area contributed by atoms with Crippen LogP contribution in [0.4, 0.5) is 0 Å². The van der Waals surface area contributed by atoms with E-state index in [1.807, 2.05) is 0 Å². The Morgan fingerprint density at radius 1 is 1.50 bits per heavy atom. The molecule has 1 aromatic rings. The quantitative estimate of drug-likeness (QED) is 0.546. The molecule has 74 valence electrons. The van der Waals surface area contributed by atoms with E-state index in [9.17, 15) is 14.9 Å². The molecule has 0 aliphatic rings. The van der Waals surface area contributed by atoms with E-state index in [1.54, 1.807) is 0 Å². The van der Waals surface area contributed by atoms with Crippen molar-refractivity contribution in [2.45, 2.75) is 0 Å². The van der Waals surface area contributed by atoms with Gasteiger partial charge >= 0.3 is 5.97 Å². The molecule has 0 unspecified atom stereocenters. The third-order valence-electron chi connectivity index (χ3n) is 1.39. The number of aromatic hydroxyl groups is 1. The first-order valence-electron chi connectivity index (χ1n) is 3.40. The number of aromatic carboxylic acids is 1. The predicted molar refractivity (Wildman–Crippen MR) is 42.7 cm³/mol. The Morgan fingerprint density at radius 3 is 2.64 bits per heavy atom. The van der Waals surface area contributed by atoms with Crippen LogP contribution >= 0.6 is 0 Å². The molecular formula is C7H5NO6. The molecule has 0 heterocycles. The average molecular weight is 199 g/mol. The van der Waals surface area contributed by atoms with Gasteiger partial charge in [-0.3, -0.25) is 4.84 Å². The second-order valence-electron chi connectivity index (χ2n) is 2.27. The van der Waals surface area contributed by atoms with Crippen molar-refractivity contribution >= 4 is 5.97 Å². The van der Waals surface area contributed by atoms with Crippen molar-refractivity contribution in [1.82, 2.24) is 0 Å². The van der Waals surface area contributed by atoms with Gasteiger partial charge in [-0.05, 0) is 12.1 Å². The Balaban J connectivity index is 3.21. The molecule has 0 saturated heterocycles. The Bertz CT molecular complexity index is 388. The van der Waals surface area contributed by atoms with Gasteiger partial charge in [-0.1, -0.05) is 6.07 Å². The van der Waals surface area contributed by atoms with Crippen molar-refractivity contribution in [2.24, 2.45) is 0 Å². The minimum Gasteiger partial charge on any atom is -0.507 e. The first-order chi connectivity index (χ1) is 6.52. The van der Waals surface area contributed by atoms with E-state index >= 15 is 0 Å². The molecule has 1 aromatic carbocycles. The van der Waals surface area contributed by atoms with Crippen molar-refractivity contribution < 1.29 is 24.9 Å². The molecule has 0 bridgehead atoms. The van der Waals surface area contributed by atoms with Gasteiger partial charge in [-0.2, -0.15) is 0 Å². The van der Waals surface area contributed by atoms with Crippen LogP contribution in [-0.2, 0) is 0 Å². The minimum absolute atomic E-state index is 0.512. The van der Waals surface area contributed by atoms with Crippen LogP contribution in [0.3, 0.4) is 0 Å². The summed E-state index contributed by atoms with van der Waals surface area (Å²) in [6.45, 7) is 0. The van der Waals surface area contributed by atoms with Gasteiger partial charge in [0.25, 0.3) is 5.09 Å². The molecule has 0 saturated carbocycles. The fourth-order valence-corrected chi connectivity index (χ4v) is 0.891. The third kappa shape index (κ3) is 1.89. The zero-order valence-electron chi connectivity index (χ0n) is 6.71. The molecule has 14 heavy (non-hydrogen) atoms. The second-order valence-corrected chi connectivity index (χ2v) is 2.27. The molecule has 7 nitrogen and oxygen atoms in total. The molecular weight excluding hydrogens is 194 g/mol. The van der Waals surface area contributed by atoms with Gasteiger partial charge in [0.05, 0.1) is 0 Å². The highest BCUT2D eigenvalue weighted by atomic mass is 17.0. The summed E-state index contributed by atoms with van der Waals surface area (Å²) in [7, 11) is 0. The molecule has 0 aliphatic heterocycles. The number of carboxylic acids is 1. The molecule has 7 heteroatoms. The number of carbonyl (C=O) groups is 1. The lowest BCUT2D eigenvalue weighted by Gasteiger charge is -2.04. The topological polar surface area (TPSA) is 110 Å². The molecule has 0 aliphatic carbocycles. The van der Waals surface area contributed by atoms with Gasteiger partial charge in [0.15, 0.2) is 0 Å². The van der Waals surface area contributed by atoms with Crippen molar-refractivity contribution in [3.05, 3.63) is 33.9 Å². The highest BCUT2D eigenvalue weighted by Crippen LogP contribution is 2.27. The van der Waals surface area contributed by atoms with Crippen LogP contribution in [0, 0.1) is 10.1 Å². The molecule has 0 spiro atoms. The fraction of sp³-hybridized carbons (Fsp3) is 0. The normalized spacial score (nSPS) is 9.43. The smallest absolute Gasteiger partial charge is 0.341 e. The van der Waals surface area contributed by atoms with Crippen LogP contribution in [0.25, 0.3) is 0 Å². The van der Waals surface area contributed by atoms with E-state index in [2.05, 4.69) is 4.84 Å². The zero-order chi connectivity index (χ0) is 10.7. The maximum absolute atomic E-state index is 10.6. The maximum Gasteiger partial charge on any atom is 0.341 e. The predicted octanol–water partition coefficient (Wildman–Crippen LogP) is 0.661. The maximum atomic E-state index is 10.6. The monoisotopic (exact) mass is 199 g/mol. The zero-order valence-corrected chi connectivity index (χ0v) is 6.71. The van der Waals surface area contributed by atoms with Gasteiger partial charge in [-0.15, -0.1) is 10.1 Å². The Labute approximate surface area is 77.3 Å². The van der Waals surface area contributed by atoms with Gasteiger partial charge in [0.2, 0.25) is 0 Å². The van der Waals surface area contributed by atoms with E-state index < -0.39 is 28.1 Å². The largest absolute Gasteiger partial charge is 0.507 e. The van der Waals surface area contributed by atoms with Gasteiger partial charge in [-0.25, -0.2) is 4.79 Å². The van der Waals surface area contributed by atoms with Crippen molar-refractivity contribution in [3.8, 4) is 11.5 Å². The van der Waals surface area contributed by atoms with Crippen LogP contribution in [0.2, 0.25) is 0 Å². The van der Waals surface area contributed by atoms with Crippen LogP contribution < -0.4 is 4.84 Å². The van der Waals surface area contributed by atoms with E-state index in [0.717, 1.165) is 12.1 Å². The van der Waals surface area contributed by atoms with Crippen molar-refractivity contribution in [1.29, 1.82) is 0 Å². The summed E-state index contributed by atoms with van der Waals surface area (Å²) in [5, 5.41) is 26.5. The summed E-state index contributed by atoms with van der Waals surface area (Å²) in [6.07, 6.45) is 0. The lowest BCUT2D eigenvalue weighted by molar-refractivity contribution is -0.711. The highest BCUT2D eigenvalue weighted by Gasteiger charge is 2.17. The molecule has 0 aromatic heterocycles. The highest BCUT2D eigenvalue weighted by molar-refractivity contribution is 5.93.